The minimum absolute atomic E-state index is 0.0441. The Hall–Kier alpha value is -3.84. The molecule has 6 nitrogen and oxygen atoms in total. The van der Waals surface area contributed by atoms with E-state index < -0.39 is 5.91 Å². The molecular formula is C25H20N4O2S. The normalized spacial score (nSPS) is 11.1. The summed E-state index contributed by atoms with van der Waals surface area (Å²) in [5.74, 6) is -0.416. The zero-order chi connectivity index (χ0) is 21.9. The van der Waals surface area contributed by atoms with Crippen LogP contribution < -0.4 is 10.9 Å². The fourth-order valence-electron chi connectivity index (χ4n) is 3.74. The molecular weight excluding hydrogens is 420 g/mol. The van der Waals surface area contributed by atoms with E-state index in [1.807, 2.05) is 60.7 Å². The van der Waals surface area contributed by atoms with E-state index in [-0.39, 0.29) is 11.1 Å². The lowest BCUT2D eigenvalue weighted by Crippen LogP contribution is -2.32. The van der Waals surface area contributed by atoms with Gasteiger partial charge < -0.3 is 5.32 Å². The van der Waals surface area contributed by atoms with E-state index >= 15 is 0 Å². The lowest BCUT2D eigenvalue weighted by molar-refractivity contribution is 0.0952. The quantitative estimate of drug-likeness (QED) is 0.435. The van der Waals surface area contributed by atoms with Crippen molar-refractivity contribution in [2.45, 2.75) is 12.8 Å². The van der Waals surface area contributed by atoms with Crippen LogP contribution in [-0.2, 0) is 12.8 Å². The van der Waals surface area contributed by atoms with E-state index in [1.165, 1.54) is 21.9 Å². The number of hydrogen-bond donors (Lipinski definition) is 1. The van der Waals surface area contributed by atoms with Crippen molar-refractivity contribution in [3.05, 3.63) is 111 Å². The van der Waals surface area contributed by atoms with Gasteiger partial charge in [0.1, 0.15) is 5.56 Å². The maximum absolute atomic E-state index is 12.9. The van der Waals surface area contributed by atoms with Crippen LogP contribution in [0, 0.1) is 0 Å². The van der Waals surface area contributed by atoms with Crippen LogP contribution in [0.2, 0.25) is 0 Å². The van der Waals surface area contributed by atoms with Gasteiger partial charge in [-0.1, -0.05) is 54.6 Å². The van der Waals surface area contributed by atoms with E-state index in [1.54, 1.807) is 12.4 Å². The molecule has 3 aromatic heterocycles. The van der Waals surface area contributed by atoms with Crippen molar-refractivity contribution in [1.82, 2.24) is 19.7 Å². The number of amides is 1. The Bertz CT molecular complexity index is 1470. The van der Waals surface area contributed by atoms with E-state index in [0.717, 1.165) is 33.3 Å². The van der Waals surface area contributed by atoms with E-state index in [9.17, 15) is 9.59 Å². The molecule has 5 aromatic rings. The maximum Gasteiger partial charge on any atom is 0.271 e. The fraction of sp³-hybridized carbons (Fsp3) is 0.120. The lowest BCUT2D eigenvalue weighted by atomic mass is 10.1. The van der Waals surface area contributed by atoms with Gasteiger partial charge in [0.25, 0.3) is 11.5 Å². The number of pyridine rings is 1. The number of carbonyl (C=O) groups is 1. The van der Waals surface area contributed by atoms with Crippen LogP contribution in [0.1, 0.15) is 26.4 Å². The summed E-state index contributed by atoms with van der Waals surface area (Å²) in [5.41, 5.74) is 2.83. The second kappa shape index (κ2) is 8.72. The van der Waals surface area contributed by atoms with Gasteiger partial charge in [0.15, 0.2) is 4.96 Å². The molecule has 3 heterocycles. The van der Waals surface area contributed by atoms with Gasteiger partial charge in [0.05, 0.1) is 5.52 Å². The van der Waals surface area contributed by atoms with Gasteiger partial charge in [-0.15, -0.1) is 11.3 Å². The predicted octanol–water partition coefficient (Wildman–Crippen LogP) is 3.87. The molecule has 0 aliphatic rings. The standard InChI is InChI=1S/C25H20N4O2S/c30-23(27-13-11-19-9-4-8-18-10-5-12-26-22(18)19)21-15-28-25-29(24(21)31)16-20(32-25)14-17-6-2-1-3-7-17/h1-10,12,15-16H,11,13-14H2,(H,27,30). The molecule has 0 saturated carbocycles. The molecule has 0 fully saturated rings. The van der Waals surface area contributed by atoms with Crippen molar-refractivity contribution in [3.63, 3.8) is 0 Å². The SMILES string of the molecule is O=C(NCCc1cccc2cccnc12)c1cnc2sc(Cc3ccccc3)cn2c1=O. The topological polar surface area (TPSA) is 76.4 Å². The van der Waals surface area contributed by atoms with Crippen molar-refractivity contribution in [2.24, 2.45) is 0 Å². The van der Waals surface area contributed by atoms with Gasteiger partial charge in [-0.25, -0.2) is 4.98 Å². The summed E-state index contributed by atoms with van der Waals surface area (Å²) in [6.45, 7) is 0.402. The van der Waals surface area contributed by atoms with Gasteiger partial charge in [-0.3, -0.25) is 19.0 Å². The lowest BCUT2D eigenvalue weighted by Gasteiger charge is -2.07. The van der Waals surface area contributed by atoms with Crippen LogP contribution >= 0.6 is 11.3 Å². The molecule has 0 bridgehead atoms. The molecule has 0 atom stereocenters. The van der Waals surface area contributed by atoms with E-state index in [4.69, 9.17) is 0 Å². The summed E-state index contributed by atoms with van der Waals surface area (Å²) in [6.07, 6.45) is 6.25. The monoisotopic (exact) mass is 440 g/mol. The third-order valence-corrected chi connectivity index (χ3v) is 6.31. The summed E-state index contributed by atoms with van der Waals surface area (Å²) < 4.78 is 1.46. The molecule has 1 N–H and O–H groups in total. The molecule has 0 aliphatic carbocycles. The van der Waals surface area contributed by atoms with Crippen LogP contribution in [0.25, 0.3) is 15.9 Å². The van der Waals surface area contributed by atoms with Crippen LogP contribution in [-0.4, -0.2) is 26.8 Å². The zero-order valence-electron chi connectivity index (χ0n) is 17.2. The number of benzene rings is 2. The maximum atomic E-state index is 12.9. The molecule has 32 heavy (non-hydrogen) atoms. The number of para-hydroxylation sites is 1. The third kappa shape index (κ3) is 4.02. The molecule has 0 spiro atoms. The van der Waals surface area contributed by atoms with E-state index in [2.05, 4.69) is 15.3 Å². The number of aromatic nitrogens is 3. The van der Waals surface area contributed by atoms with Crippen molar-refractivity contribution in [3.8, 4) is 0 Å². The summed E-state index contributed by atoms with van der Waals surface area (Å²) in [4.78, 5) is 36.0. The number of carbonyl (C=O) groups excluding carboxylic acids is 1. The van der Waals surface area contributed by atoms with Crippen LogP contribution in [0.5, 0.6) is 0 Å². The van der Waals surface area contributed by atoms with Gasteiger partial charge in [-0.05, 0) is 23.6 Å². The number of rotatable bonds is 6. The highest BCUT2D eigenvalue weighted by Crippen LogP contribution is 2.19. The Balaban J connectivity index is 1.31. The number of thiazole rings is 1. The first-order valence-corrected chi connectivity index (χ1v) is 11.2. The summed E-state index contributed by atoms with van der Waals surface area (Å²) >= 11 is 1.46. The molecule has 1 amide bonds. The highest BCUT2D eigenvalue weighted by molar-refractivity contribution is 7.17. The molecule has 5 rings (SSSR count). The molecule has 0 aliphatic heterocycles. The number of fused-ring (bicyclic) bond motifs is 2. The summed E-state index contributed by atoms with van der Waals surface area (Å²) in [7, 11) is 0. The average Bonchev–Trinajstić information content (AvgIpc) is 3.23. The molecule has 2 aromatic carbocycles. The van der Waals surface area contributed by atoms with Crippen molar-refractivity contribution >= 4 is 33.1 Å². The number of hydrogen-bond acceptors (Lipinski definition) is 5. The third-order valence-electron chi connectivity index (χ3n) is 5.32. The first kappa shape index (κ1) is 20.1. The summed E-state index contributed by atoms with van der Waals surface area (Å²) in [6, 6.07) is 20.0. The highest BCUT2D eigenvalue weighted by atomic mass is 32.1. The summed E-state index contributed by atoms with van der Waals surface area (Å²) in [5, 5.41) is 3.91. The zero-order valence-corrected chi connectivity index (χ0v) is 18.0. The van der Waals surface area contributed by atoms with Gasteiger partial charge in [-0.2, -0.15) is 0 Å². The van der Waals surface area contributed by atoms with E-state index in [0.29, 0.717) is 17.9 Å². The first-order valence-electron chi connectivity index (χ1n) is 10.3. The Morgan fingerprint density at radius 2 is 1.84 bits per heavy atom. The van der Waals surface area contributed by atoms with Crippen molar-refractivity contribution in [1.29, 1.82) is 0 Å². The molecule has 0 saturated heterocycles. The first-order chi connectivity index (χ1) is 15.7. The predicted molar refractivity (Wildman–Crippen MR) is 126 cm³/mol. The van der Waals surface area contributed by atoms with Gasteiger partial charge >= 0.3 is 0 Å². The molecule has 158 valence electrons. The Labute approximate surface area is 188 Å². The highest BCUT2D eigenvalue weighted by Gasteiger charge is 2.15. The Kier molecular flexibility index (Phi) is 5.47. The molecule has 7 heteroatoms. The minimum Gasteiger partial charge on any atom is -0.351 e. The number of nitrogens with zero attached hydrogens (tertiary/aromatic N) is 3. The smallest absolute Gasteiger partial charge is 0.271 e. The minimum atomic E-state index is -0.416. The Morgan fingerprint density at radius 1 is 1.00 bits per heavy atom. The van der Waals surface area contributed by atoms with Gasteiger partial charge in [0.2, 0.25) is 0 Å². The average molecular weight is 441 g/mol. The Morgan fingerprint density at radius 3 is 2.72 bits per heavy atom. The largest absolute Gasteiger partial charge is 0.351 e. The second-order valence-corrected chi connectivity index (χ2v) is 8.58. The fourth-order valence-corrected chi connectivity index (χ4v) is 4.71. The van der Waals surface area contributed by atoms with Crippen molar-refractivity contribution in [2.75, 3.05) is 6.54 Å². The molecule has 0 unspecified atom stereocenters. The van der Waals surface area contributed by atoms with Crippen molar-refractivity contribution < 1.29 is 4.79 Å². The van der Waals surface area contributed by atoms with Gasteiger partial charge in [0, 0.05) is 41.8 Å². The second-order valence-electron chi connectivity index (χ2n) is 7.49. The van der Waals surface area contributed by atoms with Crippen LogP contribution in [0.15, 0.2) is 84.0 Å². The molecule has 0 radical (unpaired) electrons. The van der Waals surface area contributed by atoms with Crippen LogP contribution in [0.4, 0.5) is 0 Å². The van der Waals surface area contributed by atoms with Crippen LogP contribution in [0.3, 0.4) is 0 Å². The number of nitrogens with one attached hydrogen (secondary N) is 1.